The van der Waals surface area contributed by atoms with Gasteiger partial charge in [0.2, 0.25) is 5.91 Å². The van der Waals surface area contributed by atoms with Gasteiger partial charge in [0, 0.05) is 25.8 Å². The number of hydrogen-bond acceptors (Lipinski definition) is 7. The van der Waals surface area contributed by atoms with Crippen molar-refractivity contribution in [2.24, 2.45) is 5.92 Å². The highest BCUT2D eigenvalue weighted by molar-refractivity contribution is 5.87. The molecule has 2 N–H and O–H groups in total. The van der Waals surface area contributed by atoms with Crippen LogP contribution in [0.25, 0.3) is 0 Å². The van der Waals surface area contributed by atoms with E-state index in [1.54, 1.807) is 13.0 Å². The van der Waals surface area contributed by atoms with Gasteiger partial charge in [-0.25, -0.2) is 0 Å². The minimum absolute atomic E-state index is 0.00942. The zero-order chi connectivity index (χ0) is 27.2. The van der Waals surface area contributed by atoms with Gasteiger partial charge in [-0.2, -0.15) is 0 Å². The molecule has 9 nitrogen and oxygen atoms in total. The number of amides is 1. The van der Waals surface area contributed by atoms with E-state index in [0.717, 1.165) is 24.8 Å². The SMILES string of the molecule is CC(=O)O[C@@H](C)/C=C\C(=O)N[C@@H]1C[C@H](C)[C@H](C/C=C(C)/C=C/[C@@H]2CC3(CO3)C[C@@H](CC(=O)O)O2)OC1C. The fourth-order valence-corrected chi connectivity index (χ4v) is 5.07. The monoisotopic (exact) mass is 519 g/mol. The second kappa shape index (κ2) is 12.8. The van der Waals surface area contributed by atoms with Gasteiger partial charge in [0.15, 0.2) is 0 Å². The molecule has 9 heteroatoms. The van der Waals surface area contributed by atoms with Gasteiger partial charge in [-0.05, 0) is 45.6 Å². The first kappa shape index (κ1) is 29.1. The molecule has 0 aliphatic carbocycles. The standard InChI is InChI=1S/C28H41NO8/c1-17(6-9-22-14-28(16-34-28)15-23(37-22)13-27(32)33)7-10-25-18(2)12-24(20(4)36-25)29-26(31)11-8-19(3)35-21(5)30/h6-9,11,18-20,22-25H,10,12-16H2,1-5H3,(H,29,31)(H,32,33)/b9-6+,11-8-,17-7+/t18-,19-,20?,22+,23+,24+,25-,28?/m0/s1. The molecular formula is C28H41NO8. The molecule has 0 aromatic rings. The number of allylic oxidation sites excluding steroid dienone is 2. The van der Waals surface area contributed by atoms with Crippen molar-refractivity contribution in [1.82, 2.24) is 5.32 Å². The zero-order valence-electron chi connectivity index (χ0n) is 22.5. The van der Waals surface area contributed by atoms with Crippen LogP contribution in [-0.4, -0.2) is 71.7 Å². The number of carboxylic acid groups (broad SMARTS) is 1. The Balaban J connectivity index is 1.46. The van der Waals surface area contributed by atoms with Gasteiger partial charge in [-0.3, -0.25) is 14.4 Å². The number of esters is 1. The largest absolute Gasteiger partial charge is 0.481 e. The lowest BCUT2D eigenvalue weighted by molar-refractivity contribution is -0.144. The normalized spacial score (nSPS) is 35.0. The molecule has 0 bridgehead atoms. The van der Waals surface area contributed by atoms with E-state index in [-0.39, 0.29) is 60.3 Å². The minimum Gasteiger partial charge on any atom is -0.481 e. The molecule has 3 heterocycles. The first-order chi connectivity index (χ1) is 17.4. The van der Waals surface area contributed by atoms with Crippen LogP contribution < -0.4 is 5.32 Å². The van der Waals surface area contributed by atoms with E-state index in [9.17, 15) is 14.4 Å². The molecule has 37 heavy (non-hydrogen) atoms. The molecule has 3 aliphatic heterocycles. The van der Waals surface area contributed by atoms with Crippen LogP contribution in [0.2, 0.25) is 0 Å². The number of carbonyl (C=O) groups is 3. The molecule has 0 saturated carbocycles. The number of aliphatic carboxylic acids is 1. The van der Waals surface area contributed by atoms with Gasteiger partial charge in [-0.1, -0.05) is 30.7 Å². The van der Waals surface area contributed by atoms with Crippen molar-refractivity contribution in [3.8, 4) is 0 Å². The number of ether oxygens (including phenoxy) is 4. The topological polar surface area (TPSA) is 124 Å². The lowest BCUT2D eigenvalue weighted by Gasteiger charge is -2.39. The Bertz CT molecular complexity index is 921. The summed E-state index contributed by atoms with van der Waals surface area (Å²) < 4.78 is 22.8. The number of nitrogens with one attached hydrogen (secondary N) is 1. The molecule has 3 aliphatic rings. The van der Waals surface area contributed by atoms with E-state index < -0.39 is 12.1 Å². The molecule has 0 radical (unpaired) electrons. The molecule has 3 saturated heterocycles. The van der Waals surface area contributed by atoms with Crippen molar-refractivity contribution in [3.63, 3.8) is 0 Å². The molecule has 206 valence electrons. The Kier molecular flexibility index (Phi) is 10.1. The Morgan fingerprint density at radius 3 is 2.54 bits per heavy atom. The quantitative estimate of drug-likeness (QED) is 0.195. The van der Waals surface area contributed by atoms with E-state index in [0.29, 0.717) is 13.0 Å². The van der Waals surface area contributed by atoms with Crippen molar-refractivity contribution in [2.75, 3.05) is 6.61 Å². The number of carbonyl (C=O) groups excluding carboxylic acids is 2. The first-order valence-corrected chi connectivity index (χ1v) is 13.1. The molecule has 3 fully saturated rings. The van der Waals surface area contributed by atoms with Crippen LogP contribution in [0.4, 0.5) is 0 Å². The third-order valence-corrected chi connectivity index (χ3v) is 7.16. The van der Waals surface area contributed by atoms with Gasteiger partial charge >= 0.3 is 11.9 Å². The Morgan fingerprint density at radius 1 is 1.16 bits per heavy atom. The van der Waals surface area contributed by atoms with E-state index in [2.05, 4.69) is 18.3 Å². The molecule has 3 rings (SSSR count). The summed E-state index contributed by atoms with van der Waals surface area (Å²) in [6, 6.07) is -0.100. The van der Waals surface area contributed by atoms with Crippen LogP contribution in [0, 0.1) is 5.92 Å². The van der Waals surface area contributed by atoms with Gasteiger partial charge in [-0.15, -0.1) is 0 Å². The van der Waals surface area contributed by atoms with Crippen LogP contribution in [0.15, 0.2) is 36.0 Å². The highest BCUT2D eigenvalue weighted by atomic mass is 16.6. The molecule has 8 atom stereocenters. The van der Waals surface area contributed by atoms with Crippen molar-refractivity contribution in [3.05, 3.63) is 36.0 Å². The summed E-state index contributed by atoms with van der Waals surface area (Å²) in [7, 11) is 0. The van der Waals surface area contributed by atoms with E-state index in [4.69, 9.17) is 24.1 Å². The summed E-state index contributed by atoms with van der Waals surface area (Å²) in [5, 5.41) is 12.1. The molecule has 1 amide bonds. The molecule has 0 aromatic carbocycles. The average Bonchev–Trinajstić information content (AvgIpc) is 3.54. The Labute approximate surface area is 219 Å². The lowest BCUT2D eigenvalue weighted by atomic mass is 9.88. The summed E-state index contributed by atoms with van der Waals surface area (Å²) in [4.78, 5) is 34.4. The van der Waals surface area contributed by atoms with Crippen LogP contribution in [-0.2, 0) is 33.3 Å². The maximum atomic E-state index is 12.3. The van der Waals surface area contributed by atoms with Gasteiger partial charge < -0.3 is 29.4 Å². The van der Waals surface area contributed by atoms with E-state index >= 15 is 0 Å². The van der Waals surface area contributed by atoms with E-state index in [1.807, 2.05) is 26.0 Å². The van der Waals surface area contributed by atoms with Crippen molar-refractivity contribution in [1.29, 1.82) is 0 Å². The second-order valence-corrected chi connectivity index (χ2v) is 10.7. The summed E-state index contributed by atoms with van der Waals surface area (Å²) >= 11 is 0. The maximum Gasteiger partial charge on any atom is 0.305 e. The number of carboxylic acids is 1. The Hall–Kier alpha value is -2.49. The Morgan fingerprint density at radius 2 is 1.89 bits per heavy atom. The summed E-state index contributed by atoms with van der Waals surface area (Å²) in [5.41, 5.74) is 0.870. The zero-order valence-corrected chi connectivity index (χ0v) is 22.5. The van der Waals surface area contributed by atoms with E-state index in [1.165, 1.54) is 13.0 Å². The predicted molar refractivity (Wildman–Crippen MR) is 137 cm³/mol. The fraction of sp³-hybridized carbons (Fsp3) is 0.679. The van der Waals surface area contributed by atoms with Crippen molar-refractivity contribution >= 4 is 17.8 Å². The fourth-order valence-electron chi connectivity index (χ4n) is 5.07. The predicted octanol–water partition coefficient (Wildman–Crippen LogP) is 3.48. The summed E-state index contributed by atoms with van der Waals surface area (Å²) in [6.07, 6.45) is 11.0. The van der Waals surface area contributed by atoms with Crippen molar-refractivity contribution in [2.45, 2.75) is 109 Å². The second-order valence-electron chi connectivity index (χ2n) is 10.7. The third-order valence-electron chi connectivity index (χ3n) is 7.16. The number of rotatable bonds is 10. The van der Waals surface area contributed by atoms with Gasteiger partial charge in [0.25, 0.3) is 0 Å². The highest BCUT2D eigenvalue weighted by Crippen LogP contribution is 2.43. The lowest BCUT2D eigenvalue weighted by Crippen LogP contribution is -2.50. The molecular weight excluding hydrogens is 478 g/mol. The first-order valence-electron chi connectivity index (χ1n) is 13.1. The van der Waals surface area contributed by atoms with Crippen LogP contribution in [0.1, 0.15) is 66.7 Å². The molecule has 0 aromatic heterocycles. The molecule has 2 unspecified atom stereocenters. The van der Waals surface area contributed by atoms with Crippen LogP contribution >= 0.6 is 0 Å². The highest BCUT2D eigenvalue weighted by Gasteiger charge is 2.51. The average molecular weight is 520 g/mol. The smallest absolute Gasteiger partial charge is 0.305 e. The van der Waals surface area contributed by atoms with Crippen LogP contribution in [0.5, 0.6) is 0 Å². The van der Waals surface area contributed by atoms with Gasteiger partial charge in [0.05, 0.1) is 49.1 Å². The number of epoxide rings is 1. The third kappa shape index (κ3) is 9.39. The summed E-state index contributed by atoms with van der Waals surface area (Å²) in [6.45, 7) is 9.83. The minimum atomic E-state index is -0.857. The van der Waals surface area contributed by atoms with Gasteiger partial charge in [0.1, 0.15) is 6.10 Å². The summed E-state index contributed by atoms with van der Waals surface area (Å²) in [5.74, 6) is -1.23. The molecule has 1 spiro atoms. The maximum absolute atomic E-state index is 12.3. The van der Waals surface area contributed by atoms with Crippen LogP contribution in [0.3, 0.4) is 0 Å². The van der Waals surface area contributed by atoms with Crippen molar-refractivity contribution < 1.29 is 38.4 Å². The number of hydrogen-bond donors (Lipinski definition) is 2.